The third-order valence-corrected chi connectivity index (χ3v) is 3.48. The molecule has 0 saturated carbocycles. The third-order valence-electron chi connectivity index (χ3n) is 3.48. The van der Waals surface area contributed by atoms with Gasteiger partial charge in [-0.2, -0.15) is 5.10 Å². The van der Waals surface area contributed by atoms with Crippen LogP contribution in [0.3, 0.4) is 0 Å². The van der Waals surface area contributed by atoms with Crippen molar-refractivity contribution in [2.75, 3.05) is 13.2 Å². The van der Waals surface area contributed by atoms with Gasteiger partial charge in [0.2, 0.25) is 5.91 Å². The first-order valence-corrected chi connectivity index (χ1v) is 7.09. The van der Waals surface area contributed by atoms with Crippen LogP contribution in [0.25, 0.3) is 0 Å². The summed E-state index contributed by atoms with van der Waals surface area (Å²) in [6, 6.07) is 3.30. The molecule has 1 unspecified atom stereocenters. The van der Waals surface area contributed by atoms with Crippen LogP contribution < -0.4 is 10.2 Å². The number of benzene rings is 1. The molecule has 0 radical (unpaired) electrons. The van der Waals surface area contributed by atoms with E-state index in [1.54, 1.807) is 31.2 Å². The summed E-state index contributed by atoms with van der Waals surface area (Å²) in [4.78, 5) is 11.3. The van der Waals surface area contributed by atoms with Gasteiger partial charge in [0.1, 0.15) is 18.2 Å². The van der Waals surface area contributed by atoms with Gasteiger partial charge in [0.05, 0.1) is 12.3 Å². The SMILES string of the molecule is Cc1c(OC/C=C\CO)ccc(C2=NNC(=O)CC2C)c1F. The molecule has 1 aromatic carbocycles. The molecule has 1 heterocycles. The highest BCUT2D eigenvalue weighted by Gasteiger charge is 2.25. The predicted octanol–water partition coefficient (Wildman–Crippen LogP) is 1.92. The maximum Gasteiger partial charge on any atom is 0.240 e. The monoisotopic (exact) mass is 306 g/mol. The Balaban J connectivity index is 2.23. The number of nitrogens with one attached hydrogen (secondary N) is 1. The van der Waals surface area contributed by atoms with Crippen LogP contribution in [-0.4, -0.2) is 29.9 Å². The minimum Gasteiger partial charge on any atom is -0.489 e. The second kappa shape index (κ2) is 7.17. The van der Waals surface area contributed by atoms with Crippen LogP contribution >= 0.6 is 0 Å². The van der Waals surface area contributed by atoms with Crippen molar-refractivity contribution in [1.29, 1.82) is 0 Å². The van der Waals surface area contributed by atoms with Crippen molar-refractivity contribution < 1.29 is 19.0 Å². The first kappa shape index (κ1) is 16.2. The number of hydrogen-bond donors (Lipinski definition) is 2. The number of ether oxygens (including phenoxy) is 1. The molecule has 1 aliphatic heterocycles. The average molecular weight is 306 g/mol. The van der Waals surface area contributed by atoms with Crippen molar-refractivity contribution in [3.63, 3.8) is 0 Å². The number of amides is 1. The van der Waals surface area contributed by atoms with Gasteiger partial charge in [0, 0.05) is 23.5 Å². The Hall–Kier alpha value is -2.21. The zero-order valence-electron chi connectivity index (χ0n) is 12.6. The van der Waals surface area contributed by atoms with Crippen LogP contribution in [-0.2, 0) is 4.79 Å². The Morgan fingerprint density at radius 3 is 2.95 bits per heavy atom. The fraction of sp³-hybridized carbons (Fsp3) is 0.375. The van der Waals surface area contributed by atoms with Crippen molar-refractivity contribution in [3.8, 4) is 5.75 Å². The van der Waals surface area contributed by atoms with Crippen LogP contribution in [0.4, 0.5) is 4.39 Å². The molecule has 1 aliphatic rings. The zero-order valence-corrected chi connectivity index (χ0v) is 12.6. The van der Waals surface area contributed by atoms with E-state index in [0.29, 0.717) is 29.0 Å². The lowest BCUT2D eigenvalue weighted by Crippen LogP contribution is -2.32. The van der Waals surface area contributed by atoms with Crippen molar-refractivity contribution in [2.24, 2.45) is 11.0 Å². The number of carbonyl (C=O) groups is 1. The Morgan fingerprint density at radius 2 is 2.27 bits per heavy atom. The molecule has 0 fully saturated rings. The molecule has 1 aromatic rings. The Morgan fingerprint density at radius 1 is 1.50 bits per heavy atom. The van der Waals surface area contributed by atoms with Crippen LogP contribution in [0.1, 0.15) is 24.5 Å². The van der Waals surface area contributed by atoms with Crippen molar-refractivity contribution in [1.82, 2.24) is 5.43 Å². The van der Waals surface area contributed by atoms with E-state index >= 15 is 0 Å². The fourth-order valence-corrected chi connectivity index (χ4v) is 2.28. The number of hydrazone groups is 1. The van der Waals surface area contributed by atoms with Crippen molar-refractivity contribution in [2.45, 2.75) is 20.3 Å². The summed E-state index contributed by atoms with van der Waals surface area (Å²) >= 11 is 0. The summed E-state index contributed by atoms with van der Waals surface area (Å²) in [6.07, 6.45) is 3.51. The van der Waals surface area contributed by atoms with Gasteiger partial charge < -0.3 is 9.84 Å². The smallest absolute Gasteiger partial charge is 0.240 e. The molecule has 22 heavy (non-hydrogen) atoms. The number of hydrogen-bond acceptors (Lipinski definition) is 4. The molecule has 2 rings (SSSR count). The van der Waals surface area contributed by atoms with Gasteiger partial charge in [0.15, 0.2) is 0 Å². The van der Waals surface area contributed by atoms with Gasteiger partial charge in [0.25, 0.3) is 0 Å². The van der Waals surface area contributed by atoms with E-state index in [1.807, 2.05) is 6.92 Å². The molecular formula is C16H19FN2O3. The summed E-state index contributed by atoms with van der Waals surface area (Å²) < 4.78 is 20.0. The number of aliphatic hydroxyl groups is 1. The number of rotatable bonds is 5. The second-order valence-corrected chi connectivity index (χ2v) is 5.15. The fourth-order valence-electron chi connectivity index (χ4n) is 2.28. The average Bonchev–Trinajstić information content (AvgIpc) is 2.49. The number of halogens is 1. The molecular weight excluding hydrogens is 287 g/mol. The van der Waals surface area contributed by atoms with E-state index < -0.39 is 5.82 Å². The molecule has 0 bridgehead atoms. The number of nitrogens with zero attached hydrogens (tertiary/aromatic N) is 1. The van der Waals surface area contributed by atoms with Gasteiger partial charge in [-0.3, -0.25) is 4.79 Å². The molecule has 5 nitrogen and oxygen atoms in total. The normalized spacial score (nSPS) is 18.3. The summed E-state index contributed by atoms with van der Waals surface area (Å²) in [5, 5.41) is 12.6. The lowest BCUT2D eigenvalue weighted by atomic mass is 9.92. The van der Waals surface area contributed by atoms with Crippen LogP contribution in [0.2, 0.25) is 0 Å². The minimum atomic E-state index is -0.398. The Labute approximate surface area is 128 Å². The second-order valence-electron chi connectivity index (χ2n) is 5.15. The van der Waals surface area contributed by atoms with Gasteiger partial charge in [-0.05, 0) is 25.1 Å². The molecule has 0 spiro atoms. The maximum absolute atomic E-state index is 14.6. The minimum absolute atomic E-state index is 0.0565. The molecule has 1 atom stereocenters. The van der Waals surface area contributed by atoms with E-state index in [9.17, 15) is 9.18 Å². The van der Waals surface area contributed by atoms with E-state index in [-0.39, 0.29) is 25.0 Å². The van der Waals surface area contributed by atoms with Crippen molar-refractivity contribution in [3.05, 3.63) is 41.2 Å². The molecule has 0 aliphatic carbocycles. The number of carbonyl (C=O) groups excluding carboxylic acids is 1. The summed E-state index contributed by atoms with van der Waals surface area (Å²) in [7, 11) is 0. The standard InChI is InChI=1S/C16H19FN2O3/c1-10-9-14(21)18-19-16(10)12-5-6-13(11(2)15(12)17)22-8-4-3-7-20/h3-6,10,20H,7-9H2,1-2H3,(H,18,21)/b4-3-. The molecule has 0 aromatic heterocycles. The predicted molar refractivity (Wildman–Crippen MR) is 81.3 cm³/mol. The van der Waals surface area contributed by atoms with E-state index in [1.165, 1.54) is 0 Å². The van der Waals surface area contributed by atoms with Gasteiger partial charge in [-0.25, -0.2) is 9.82 Å². The molecule has 1 amide bonds. The van der Waals surface area contributed by atoms with Crippen LogP contribution in [0, 0.1) is 18.7 Å². The highest BCUT2D eigenvalue weighted by molar-refractivity contribution is 6.06. The van der Waals surface area contributed by atoms with E-state index in [0.717, 1.165) is 0 Å². The van der Waals surface area contributed by atoms with Crippen molar-refractivity contribution >= 4 is 11.6 Å². The highest BCUT2D eigenvalue weighted by Crippen LogP contribution is 2.27. The van der Waals surface area contributed by atoms with Crippen LogP contribution in [0.15, 0.2) is 29.4 Å². The molecule has 0 saturated heterocycles. The first-order chi connectivity index (χ1) is 10.5. The summed E-state index contributed by atoms with van der Waals surface area (Å²) in [5.41, 5.74) is 3.69. The maximum atomic E-state index is 14.6. The molecule has 2 N–H and O–H groups in total. The Bertz CT molecular complexity index is 626. The van der Waals surface area contributed by atoms with E-state index in [2.05, 4.69) is 10.5 Å². The summed E-state index contributed by atoms with van der Waals surface area (Å²) in [6.45, 7) is 3.68. The first-order valence-electron chi connectivity index (χ1n) is 7.09. The van der Waals surface area contributed by atoms with Gasteiger partial charge in [-0.1, -0.05) is 13.0 Å². The quantitative estimate of drug-likeness (QED) is 0.817. The summed E-state index contributed by atoms with van der Waals surface area (Å²) in [5.74, 6) is -0.256. The topological polar surface area (TPSA) is 70.9 Å². The van der Waals surface area contributed by atoms with Gasteiger partial charge in [-0.15, -0.1) is 0 Å². The third kappa shape index (κ3) is 3.51. The largest absolute Gasteiger partial charge is 0.489 e. The number of aliphatic hydroxyl groups excluding tert-OH is 1. The lowest BCUT2D eigenvalue weighted by Gasteiger charge is -2.20. The zero-order chi connectivity index (χ0) is 16.1. The van der Waals surface area contributed by atoms with Gasteiger partial charge >= 0.3 is 0 Å². The lowest BCUT2D eigenvalue weighted by molar-refractivity contribution is -0.121. The molecule has 118 valence electrons. The Kier molecular flexibility index (Phi) is 5.27. The van der Waals surface area contributed by atoms with E-state index in [4.69, 9.17) is 9.84 Å². The highest BCUT2D eigenvalue weighted by atomic mass is 19.1. The van der Waals surface area contributed by atoms with Crippen LogP contribution in [0.5, 0.6) is 5.75 Å². The molecule has 6 heteroatoms.